The van der Waals surface area contributed by atoms with E-state index in [2.05, 4.69) is 5.10 Å². The molecule has 4 rings (SSSR count). The number of carbonyl (C=O) groups excluding carboxylic acids is 1. The van der Waals surface area contributed by atoms with Crippen molar-refractivity contribution in [3.63, 3.8) is 0 Å². The van der Waals surface area contributed by atoms with Gasteiger partial charge in [-0.1, -0.05) is 47.5 Å². The first-order valence-electron chi connectivity index (χ1n) is 8.45. The lowest BCUT2D eigenvalue weighted by Crippen LogP contribution is -2.40. The summed E-state index contributed by atoms with van der Waals surface area (Å²) < 4.78 is 12.8. The smallest absolute Gasteiger partial charge is 0.170 e. The van der Waals surface area contributed by atoms with Crippen LogP contribution in [0.5, 0.6) is 0 Å². The molecular formula is C20H16Cl2N2O3. The minimum atomic E-state index is -0.409. The lowest BCUT2D eigenvalue weighted by Gasteiger charge is -2.33. The second kappa shape index (κ2) is 7.44. The predicted octanol–water partition coefficient (Wildman–Crippen LogP) is 4.92. The zero-order chi connectivity index (χ0) is 19.0. The van der Waals surface area contributed by atoms with Crippen LogP contribution in [-0.2, 0) is 15.9 Å². The Hall–Kier alpha value is -2.18. The second-order valence-corrected chi connectivity index (χ2v) is 7.02. The maximum Gasteiger partial charge on any atom is 0.170 e. The number of aldehydes is 1. The molecule has 0 aliphatic carbocycles. The fourth-order valence-electron chi connectivity index (χ4n) is 3.17. The van der Waals surface area contributed by atoms with Crippen molar-refractivity contribution in [2.75, 3.05) is 0 Å². The van der Waals surface area contributed by atoms with Gasteiger partial charge in [-0.05, 0) is 31.2 Å². The van der Waals surface area contributed by atoms with Crippen molar-refractivity contribution < 1.29 is 14.3 Å². The summed E-state index contributed by atoms with van der Waals surface area (Å²) in [5, 5.41) is 5.66. The van der Waals surface area contributed by atoms with Crippen molar-refractivity contribution in [2.24, 2.45) is 0 Å². The summed E-state index contributed by atoms with van der Waals surface area (Å²) in [6, 6.07) is 14.7. The van der Waals surface area contributed by atoms with Crippen molar-refractivity contribution in [3.05, 3.63) is 69.8 Å². The van der Waals surface area contributed by atoms with Gasteiger partial charge in [-0.15, -0.1) is 0 Å². The molecule has 1 fully saturated rings. The second-order valence-electron chi connectivity index (χ2n) is 6.17. The van der Waals surface area contributed by atoms with Crippen molar-refractivity contribution in [3.8, 4) is 16.9 Å². The SMILES string of the molecule is CC1OC(Cc2c(C=O)nn(-c3ccccc3Cl)c2-c2ccc(Cl)cc2)O1. The maximum absolute atomic E-state index is 11.7. The van der Waals surface area contributed by atoms with Gasteiger partial charge in [0, 0.05) is 22.6 Å². The maximum atomic E-state index is 11.7. The Balaban J connectivity index is 1.90. The Morgan fingerprint density at radius 1 is 1.11 bits per heavy atom. The number of aromatic nitrogens is 2. The Morgan fingerprint density at radius 3 is 2.44 bits per heavy atom. The molecule has 3 aromatic rings. The lowest BCUT2D eigenvalue weighted by atomic mass is 10.0. The van der Waals surface area contributed by atoms with Gasteiger partial charge in [0.15, 0.2) is 18.9 Å². The van der Waals surface area contributed by atoms with Crippen LogP contribution in [0.15, 0.2) is 48.5 Å². The molecule has 138 valence electrons. The third kappa shape index (κ3) is 3.51. The van der Waals surface area contributed by atoms with Crippen LogP contribution in [0.25, 0.3) is 16.9 Å². The van der Waals surface area contributed by atoms with Crippen LogP contribution in [0.1, 0.15) is 23.0 Å². The summed E-state index contributed by atoms with van der Waals surface area (Å²) in [5.41, 5.74) is 3.37. The number of halogens is 2. The Kier molecular flexibility index (Phi) is 5.02. The summed E-state index contributed by atoms with van der Waals surface area (Å²) in [6.45, 7) is 1.82. The Morgan fingerprint density at radius 2 is 1.81 bits per heavy atom. The Labute approximate surface area is 166 Å². The number of para-hydroxylation sites is 1. The minimum Gasteiger partial charge on any atom is -0.324 e. The van der Waals surface area contributed by atoms with E-state index in [1.807, 2.05) is 37.3 Å². The highest BCUT2D eigenvalue weighted by Gasteiger charge is 2.31. The van der Waals surface area contributed by atoms with Crippen molar-refractivity contribution in [2.45, 2.75) is 25.9 Å². The van der Waals surface area contributed by atoms with Crippen LogP contribution >= 0.6 is 23.2 Å². The van der Waals surface area contributed by atoms with Gasteiger partial charge in [0.2, 0.25) is 0 Å². The van der Waals surface area contributed by atoms with Gasteiger partial charge < -0.3 is 9.47 Å². The van der Waals surface area contributed by atoms with E-state index < -0.39 is 6.29 Å². The zero-order valence-electron chi connectivity index (χ0n) is 14.4. The number of ether oxygens (including phenoxy) is 2. The van der Waals surface area contributed by atoms with Crippen LogP contribution in [0.2, 0.25) is 10.0 Å². The van der Waals surface area contributed by atoms with Crippen LogP contribution in [-0.4, -0.2) is 28.6 Å². The van der Waals surface area contributed by atoms with Crippen LogP contribution in [0.4, 0.5) is 0 Å². The average molecular weight is 403 g/mol. The molecule has 1 aromatic heterocycles. The summed E-state index contributed by atoms with van der Waals surface area (Å²) in [5.74, 6) is 0. The molecular weight excluding hydrogens is 387 g/mol. The quantitative estimate of drug-likeness (QED) is 0.568. The lowest BCUT2D eigenvalue weighted by molar-refractivity contribution is -0.374. The molecule has 2 aromatic carbocycles. The molecule has 1 aliphatic rings. The molecule has 27 heavy (non-hydrogen) atoms. The standard InChI is InChI=1S/C20H16Cl2N2O3/c1-12-26-19(27-12)10-15-17(11-25)23-24(18-5-3-2-4-16(18)22)20(15)13-6-8-14(21)9-7-13/h2-9,11-12,19H,10H2,1H3. The molecule has 0 radical (unpaired) electrons. The fraction of sp³-hybridized carbons (Fsp3) is 0.200. The highest BCUT2D eigenvalue weighted by Crippen LogP contribution is 2.34. The van der Waals surface area contributed by atoms with Crippen LogP contribution in [0, 0.1) is 0 Å². The summed E-state index contributed by atoms with van der Waals surface area (Å²) >= 11 is 12.4. The molecule has 0 atom stereocenters. The molecule has 0 N–H and O–H groups in total. The third-order valence-corrected chi connectivity index (χ3v) is 4.95. The highest BCUT2D eigenvalue weighted by molar-refractivity contribution is 6.32. The molecule has 1 saturated heterocycles. The summed E-state index contributed by atoms with van der Waals surface area (Å²) in [4.78, 5) is 11.7. The molecule has 2 heterocycles. The normalized spacial score (nSPS) is 18.9. The van der Waals surface area contributed by atoms with Gasteiger partial charge in [0.05, 0.1) is 16.4 Å². The Bertz CT molecular complexity index is 979. The molecule has 0 spiro atoms. The highest BCUT2D eigenvalue weighted by atomic mass is 35.5. The van der Waals surface area contributed by atoms with Gasteiger partial charge in [-0.3, -0.25) is 4.79 Å². The van der Waals surface area contributed by atoms with Crippen LogP contribution in [0.3, 0.4) is 0 Å². The topological polar surface area (TPSA) is 53.3 Å². The van der Waals surface area contributed by atoms with E-state index in [1.54, 1.807) is 22.9 Å². The summed E-state index contributed by atoms with van der Waals surface area (Å²) in [7, 11) is 0. The third-order valence-electron chi connectivity index (χ3n) is 4.38. The number of hydrogen-bond donors (Lipinski definition) is 0. The monoisotopic (exact) mass is 402 g/mol. The molecule has 0 amide bonds. The number of nitrogens with zero attached hydrogens (tertiary/aromatic N) is 2. The molecule has 5 nitrogen and oxygen atoms in total. The van der Waals surface area contributed by atoms with Gasteiger partial charge in [0.1, 0.15) is 5.69 Å². The largest absolute Gasteiger partial charge is 0.324 e. The van der Waals surface area contributed by atoms with Gasteiger partial charge in [0.25, 0.3) is 0 Å². The van der Waals surface area contributed by atoms with Crippen molar-refractivity contribution in [1.29, 1.82) is 0 Å². The van der Waals surface area contributed by atoms with Crippen molar-refractivity contribution >= 4 is 29.5 Å². The fourth-order valence-corrected chi connectivity index (χ4v) is 3.51. The van der Waals surface area contributed by atoms with E-state index in [0.717, 1.165) is 23.1 Å². The first kappa shape index (κ1) is 18.2. The zero-order valence-corrected chi connectivity index (χ0v) is 15.9. The first-order chi connectivity index (χ1) is 13.1. The minimum absolute atomic E-state index is 0.243. The van der Waals surface area contributed by atoms with Gasteiger partial charge >= 0.3 is 0 Å². The van der Waals surface area contributed by atoms with E-state index in [-0.39, 0.29) is 6.29 Å². The number of hydrogen-bond acceptors (Lipinski definition) is 4. The number of carbonyl (C=O) groups is 1. The molecule has 0 unspecified atom stereocenters. The van der Waals surface area contributed by atoms with E-state index in [0.29, 0.717) is 27.8 Å². The van der Waals surface area contributed by atoms with E-state index in [1.165, 1.54) is 0 Å². The van der Waals surface area contributed by atoms with Gasteiger partial charge in [-0.2, -0.15) is 5.10 Å². The van der Waals surface area contributed by atoms with E-state index >= 15 is 0 Å². The summed E-state index contributed by atoms with van der Waals surface area (Å²) in [6.07, 6.45) is 0.492. The van der Waals surface area contributed by atoms with Crippen LogP contribution < -0.4 is 0 Å². The first-order valence-corrected chi connectivity index (χ1v) is 9.21. The van der Waals surface area contributed by atoms with E-state index in [9.17, 15) is 4.79 Å². The number of benzene rings is 2. The molecule has 1 aliphatic heterocycles. The average Bonchev–Trinajstić information content (AvgIpc) is 3.00. The molecule has 7 heteroatoms. The number of rotatable bonds is 5. The molecule has 0 bridgehead atoms. The predicted molar refractivity (Wildman–Crippen MR) is 104 cm³/mol. The van der Waals surface area contributed by atoms with Gasteiger partial charge in [-0.25, -0.2) is 4.68 Å². The van der Waals surface area contributed by atoms with E-state index in [4.69, 9.17) is 32.7 Å². The van der Waals surface area contributed by atoms with Crippen molar-refractivity contribution in [1.82, 2.24) is 9.78 Å². The molecule has 0 saturated carbocycles.